The highest BCUT2D eigenvalue weighted by molar-refractivity contribution is 5.77. The summed E-state index contributed by atoms with van der Waals surface area (Å²) in [5, 5.41) is 0. The Hall–Kier alpha value is -1.38. The van der Waals surface area contributed by atoms with Crippen LogP contribution in [0.3, 0.4) is 0 Å². The van der Waals surface area contributed by atoms with Crippen molar-refractivity contribution in [1.29, 1.82) is 0 Å². The maximum atomic E-state index is 10.9. The molecule has 3 heteroatoms. The molecule has 1 N–H and O–H groups in total. The standard InChI is InChI=1S/C10H13NO2/c1-10(2,3)8-5-11-9(13)4-7(8)6-12/h4-6H,1-3H3,(H,11,13). The van der Waals surface area contributed by atoms with Crippen molar-refractivity contribution in [1.82, 2.24) is 4.98 Å². The van der Waals surface area contributed by atoms with Crippen molar-refractivity contribution in [2.24, 2.45) is 0 Å². The van der Waals surface area contributed by atoms with Gasteiger partial charge in [0.25, 0.3) is 0 Å². The molecule has 0 amide bonds. The molecule has 0 spiro atoms. The second kappa shape index (κ2) is 3.17. The Morgan fingerprint density at radius 1 is 1.38 bits per heavy atom. The van der Waals surface area contributed by atoms with Crippen molar-refractivity contribution in [2.45, 2.75) is 26.2 Å². The summed E-state index contributed by atoms with van der Waals surface area (Å²) < 4.78 is 0. The highest BCUT2D eigenvalue weighted by atomic mass is 16.1. The molecule has 1 aromatic rings. The highest BCUT2D eigenvalue weighted by Gasteiger charge is 2.17. The fourth-order valence-corrected chi connectivity index (χ4v) is 1.23. The van der Waals surface area contributed by atoms with Gasteiger partial charge in [0.2, 0.25) is 5.56 Å². The van der Waals surface area contributed by atoms with Crippen molar-refractivity contribution in [3.8, 4) is 0 Å². The number of carbonyl (C=O) groups is 1. The van der Waals surface area contributed by atoms with Gasteiger partial charge < -0.3 is 4.98 Å². The first-order chi connectivity index (χ1) is 5.95. The normalized spacial score (nSPS) is 11.3. The zero-order chi connectivity index (χ0) is 10.1. The summed E-state index contributed by atoms with van der Waals surface area (Å²) in [6.07, 6.45) is 2.32. The molecule has 0 unspecified atom stereocenters. The molecule has 0 radical (unpaired) electrons. The second-order valence-corrected chi connectivity index (χ2v) is 4.03. The summed E-state index contributed by atoms with van der Waals surface area (Å²) in [4.78, 5) is 24.2. The summed E-state index contributed by atoms with van der Waals surface area (Å²) in [6, 6.07) is 1.33. The lowest BCUT2D eigenvalue weighted by Gasteiger charge is -2.19. The van der Waals surface area contributed by atoms with Crippen LogP contribution >= 0.6 is 0 Å². The van der Waals surface area contributed by atoms with E-state index in [1.54, 1.807) is 6.20 Å². The Balaban J connectivity index is 3.38. The van der Waals surface area contributed by atoms with E-state index in [-0.39, 0.29) is 11.0 Å². The molecule has 1 aromatic heterocycles. The molecule has 0 saturated carbocycles. The number of hydrogen-bond donors (Lipinski definition) is 1. The number of aldehydes is 1. The van der Waals surface area contributed by atoms with Crippen LogP contribution < -0.4 is 5.56 Å². The number of aromatic amines is 1. The van der Waals surface area contributed by atoms with Gasteiger partial charge in [-0.25, -0.2) is 0 Å². The fraction of sp³-hybridized carbons (Fsp3) is 0.400. The van der Waals surface area contributed by atoms with Gasteiger partial charge in [0.15, 0.2) is 6.29 Å². The van der Waals surface area contributed by atoms with E-state index in [0.717, 1.165) is 11.8 Å². The van der Waals surface area contributed by atoms with Crippen LogP contribution in [-0.4, -0.2) is 11.3 Å². The first-order valence-corrected chi connectivity index (χ1v) is 4.13. The maximum Gasteiger partial charge on any atom is 0.248 e. The van der Waals surface area contributed by atoms with Gasteiger partial charge in [-0.3, -0.25) is 9.59 Å². The van der Waals surface area contributed by atoms with Crippen LogP contribution in [0, 0.1) is 0 Å². The summed E-state index contributed by atoms with van der Waals surface area (Å²) in [5.74, 6) is 0. The topological polar surface area (TPSA) is 49.9 Å². The molecule has 13 heavy (non-hydrogen) atoms. The molecule has 3 nitrogen and oxygen atoms in total. The van der Waals surface area contributed by atoms with Crippen molar-refractivity contribution < 1.29 is 4.79 Å². The zero-order valence-corrected chi connectivity index (χ0v) is 8.05. The average Bonchev–Trinajstić information content (AvgIpc) is 2.01. The third-order valence-corrected chi connectivity index (χ3v) is 1.89. The van der Waals surface area contributed by atoms with Gasteiger partial charge in [0.1, 0.15) is 0 Å². The van der Waals surface area contributed by atoms with Gasteiger partial charge in [-0.05, 0) is 11.0 Å². The van der Waals surface area contributed by atoms with Crippen LogP contribution in [0.5, 0.6) is 0 Å². The smallest absolute Gasteiger partial charge is 0.248 e. The largest absolute Gasteiger partial charge is 0.329 e. The number of pyridine rings is 1. The van der Waals surface area contributed by atoms with E-state index in [2.05, 4.69) is 4.98 Å². The van der Waals surface area contributed by atoms with E-state index in [9.17, 15) is 9.59 Å². The van der Waals surface area contributed by atoms with E-state index in [1.807, 2.05) is 20.8 Å². The van der Waals surface area contributed by atoms with Gasteiger partial charge in [-0.2, -0.15) is 0 Å². The Labute approximate surface area is 76.8 Å². The molecular weight excluding hydrogens is 166 g/mol. The number of nitrogens with one attached hydrogen (secondary N) is 1. The molecule has 0 aliphatic heterocycles. The predicted octanol–water partition coefficient (Wildman–Crippen LogP) is 1.48. The van der Waals surface area contributed by atoms with E-state index < -0.39 is 0 Å². The highest BCUT2D eigenvalue weighted by Crippen LogP contribution is 2.22. The number of carbonyl (C=O) groups excluding carboxylic acids is 1. The van der Waals surface area contributed by atoms with Gasteiger partial charge in [-0.1, -0.05) is 20.8 Å². The molecule has 0 atom stereocenters. The Kier molecular flexibility index (Phi) is 2.36. The van der Waals surface area contributed by atoms with Gasteiger partial charge in [0.05, 0.1) is 0 Å². The molecule has 70 valence electrons. The Bertz CT molecular complexity index is 371. The monoisotopic (exact) mass is 179 g/mol. The van der Waals surface area contributed by atoms with Gasteiger partial charge in [-0.15, -0.1) is 0 Å². The van der Waals surface area contributed by atoms with Crippen molar-refractivity contribution in [3.63, 3.8) is 0 Å². The molecule has 1 rings (SSSR count). The van der Waals surface area contributed by atoms with E-state index >= 15 is 0 Å². The quantitative estimate of drug-likeness (QED) is 0.664. The number of hydrogen-bond acceptors (Lipinski definition) is 2. The Morgan fingerprint density at radius 2 is 2.00 bits per heavy atom. The summed E-state index contributed by atoms with van der Waals surface area (Å²) in [6.45, 7) is 5.98. The average molecular weight is 179 g/mol. The fourth-order valence-electron chi connectivity index (χ4n) is 1.23. The molecule has 0 aliphatic rings. The van der Waals surface area contributed by atoms with Crippen LogP contribution in [0.1, 0.15) is 36.7 Å². The zero-order valence-electron chi connectivity index (χ0n) is 8.05. The lowest BCUT2D eigenvalue weighted by molar-refractivity contribution is 0.112. The minimum Gasteiger partial charge on any atom is -0.329 e. The minimum atomic E-state index is -0.241. The number of H-pyrrole nitrogens is 1. The lowest BCUT2D eigenvalue weighted by Crippen LogP contribution is -2.18. The molecule has 0 aliphatic carbocycles. The first kappa shape index (κ1) is 9.71. The van der Waals surface area contributed by atoms with Crippen molar-refractivity contribution in [3.05, 3.63) is 33.7 Å². The summed E-state index contributed by atoms with van der Waals surface area (Å²) in [7, 11) is 0. The van der Waals surface area contributed by atoms with Crippen LogP contribution in [0.4, 0.5) is 0 Å². The van der Waals surface area contributed by atoms with Crippen LogP contribution in [0.25, 0.3) is 0 Å². The van der Waals surface area contributed by atoms with Gasteiger partial charge in [0, 0.05) is 17.8 Å². The minimum absolute atomic E-state index is 0.125. The van der Waals surface area contributed by atoms with Crippen molar-refractivity contribution >= 4 is 6.29 Å². The molecule has 0 saturated heterocycles. The third-order valence-electron chi connectivity index (χ3n) is 1.89. The van der Waals surface area contributed by atoms with Crippen molar-refractivity contribution in [2.75, 3.05) is 0 Å². The first-order valence-electron chi connectivity index (χ1n) is 4.13. The number of aromatic nitrogens is 1. The molecule has 0 aromatic carbocycles. The molecular formula is C10H13NO2. The predicted molar refractivity (Wildman–Crippen MR) is 51.2 cm³/mol. The summed E-state index contributed by atoms with van der Waals surface area (Å²) in [5.41, 5.74) is 0.967. The van der Waals surface area contributed by atoms with Crippen LogP contribution in [-0.2, 0) is 5.41 Å². The van der Waals surface area contributed by atoms with Gasteiger partial charge >= 0.3 is 0 Å². The lowest BCUT2D eigenvalue weighted by atomic mass is 9.85. The number of rotatable bonds is 1. The van der Waals surface area contributed by atoms with Crippen LogP contribution in [0.15, 0.2) is 17.1 Å². The maximum absolute atomic E-state index is 10.9. The second-order valence-electron chi connectivity index (χ2n) is 4.03. The van der Waals surface area contributed by atoms with Crippen LogP contribution in [0.2, 0.25) is 0 Å². The third kappa shape index (κ3) is 2.05. The van der Waals surface area contributed by atoms with E-state index in [0.29, 0.717) is 5.56 Å². The van der Waals surface area contributed by atoms with E-state index in [1.165, 1.54) is 6.07 Å². The Morgan fingerprint density at radius 3 is 2.46 bits per heavy atom. The molecule has 0 fully saturated rings. The summed E-state index contributed by atoms with van der Waals surface area (Å²) >= 11 is 0. The molecule has 1 heterocycles. The molecule has 0 bridgehead atoms. The van der Waals surface area contributed by atoms with E-state index in [4.69, 9.17) is 0 Å². The SMILES string of the molecule is CC(C)(C)c1c[nH]c(=O)cc1C=O.